The summed E-state index contributed by atoms with van der Waals surface area (Å²) in [7, 11) is 0. The Labute approximate surface area is 119 Å². The van der Waals surface area contributed by atoms with Crippen LogP contribution in [0.15, 0.2) is 24.3 Å². The van der Waals surface area contributed by atoms with Gasteiger partial charge in [0.1, 0.15) is 5.75 Å². The highest BCUT2D eigenvalue weighted by Gasteiger charge is 2.11. The smallest absolute Gasteiger partial charge is 0.234 e. The maximum atomic E-state index is 11.7. The third-order valence-electron chi connectivity index (χ3n) is 2.16. The molecular formula is C14H22N2O2S. The minimum absolute atomic E-state index is 0.0154. The highest BCUT2D eigenvalue weighted by molar-refractivity contribution is 8.00. The molecule has 0 heterocycles. The maximum absolute atomic E-state index is 11.7. The Kier molecular flexibility index (Phi) is 6.18. The Morgan fingerprint density at radius 3 is 2.53 bits per heavy atom. The molecule has 106 valence electrons. The Hall–Kier alpha value is -1.20. The molecule has 1 rings (SSSR count). The predicted octanol–water partition coefficient (Wildman–Crippen LogP) is 2.49. The summed E-state index contributed by atoms with van der Waals surface area (Å²) >= 11 is 1.54. The number of ether oxygens (including phenoxy) is 1. The summed E-state index contributed by atoms with van der Waals surface area (Å²) in [5, 5.41) is 2.84. The molecule has 0 aromatic heterocycles. The van der Waals surface area contributed by atoms with Crippen molar-refractivity contribution in [2.75, 3.05) is 23.4 Å². The zero-order valence-electron chi connectivity index (χ0n) is 11.7. The second-order valence-corrected chi connectivity index (χ2v) is 5.97. The van der Waals surface area contributed by atoms with Gasteiger partial charge in [-0.2, -0.15) is 11.8 Å². The number of amides is 1. The van der Waals surface area contributed by atoms with Crippen molar-refractivity contribution in [1.82, 2.24) is 0 Å². The van der Waals surface area contributed by atoms with Gasteiger partial charge in [-0.25, -0.2) is 0 Å². The van der Waals surface area contributed by atoms with Gasteiger partial charge in [0, 0.05) is 17.0 Å². The molecule has 0 unspecified atom stereocenters. The van der Waals surface area contributed by atoms with E-state index in [9.17, 15) is 4.79 Å². The molecule has 0 saturated heterocycles. The van der Waals surface area contributed by atoms with Crippen LogP contribution in [0.1, 0.15) is 20.8 Å². The van der Waals surface area contributed by atoms with Gasteiger partial charge in [0.05, 0.1) is 12.4 Å². The molecule has 3 N–H and O–H groups in total. The van der Waals surface area contributed by atoms with Crippen molar-refractivity contribution in [2.45, 2.75) is 26.3 Å². The molecule has 0 aliphatic carbocycles. The van der Waals surface area contributed by atoms with E-state index in [0.717, 1.165) is 17.2 Å². The molecule has 4 nitrogen and oxygen atoms in total. The molecule has 0 atom stereocenters. The second-order valence-electron chi connectivity index (χ2n) is 4.99. The highest BCUT2D eigenvalue weighted by atomic mass is 32.2. The Balaban J connectivity index is 2.35. The minimum atomic E-state index is -0.246. The van der Waals surface area contributed by atoms with Crippen molar-refractivity contribution in [1.29, 1.82) is 0 Å². The average molecular weight is 282 g/mol. The molecular weight excluding hydrogens is 260 g/mol. The number of hydrogen-bond donors (Lipinski definition) is 2. The van der Waals surface area contributed by atoms with Crippen LogP contribution in [0.5, 0.6) is 5.75 Å². The van der Waals surface area contributed by atoms with Crippen molar-refractivity contribution < 1.29 is 9.53 Å². The van der Waals surface area contributed by atoms with Gasteiger partial charge < -0.3 is 15.8 Å². The number of carbonyl (C=O) groups excluding carboxylic acids is 1. The lowest BCUT2D eigenvalue weighted by atomic mass is 10.1. The molecule has 1 aromatic carbocycles. The standard InChI is InChI=1S/C14H22N2O2S/c1-4-18-12-7-5-11(6-8-12)16-13(17)9-19-10-14(2,3)15/h5-8H,4,9-10,15H2,1-3H3,(H,16,17). The van der Waals surface area contributed by atoms with Gasteiger partial charge in [-0.15, -0.1) is 0 Å². The first-order valence-electron chi connectivity index (χ1n) is 6.30. The Morgan fingerprint density at radius 1 is 1.37 bits per heavy atom. The van der Waals surface area contributed by atoms with Crippen molar-refractivity contribution in [3.63, 3.8) is 0 Å². The summed E-state index contributed by atoms with van der Waals surface area (Å²) < 4.78 is 5.34. The van der Waals surface area contributed by atoms with Crippen LogP contribution >= 0.6 is 11.8 Å². The van der Waals surface area contributed by atoms with E-state index in [1.807, 2.05) is 45.0 Å². The number of thioether (sulfide) groups is 1. The molecule has 0 spiro atoms. The minimum Gasteiger partial charge on any atom is -0.494 e. The maximum Gasteiger partial charge on any atom is 0.234 e. The number of anilines is 1. The summed E-state index contributed by atoms with van der Waals surface area (Å²) in [6, 6.07) is 7.35. The number of carbonyl (C=O) groups is 1. The predicted molar refractivity (Wildman–Crippen MR) is 81.8 cm³/mol. The topological polar surface area (TPSA) is 64.3 Å². The molecule has 0 bridgehead atoms. The van der Waals surface area contributed by atoms with Gasteiger partial charge in [0.15, 0.2) is 0 Å². The fourth-order valence-electron chi connectivity index (χ4n) is 1.41. The zero-order valence-corrected chi connectivity index (χ0v) is 12.5. The van der Waals surface area contributed by atoms with Crippen molar-refractivity contribution in [3.05, 3.63) is 24.3 Å². The van der Waals surface area contributed by atoms with Crippen LogP contribution in [0.4, 0.5) is 5.69 Å². The molecule has 0 radical (unpaired) electrons. The Morgan fingerprint density at radius 2 is 2.00 bits per heavy atom. The van der Waals surface area contributed by atoms with Crippen LogP contribution in [-0.2, 0) is 4.79 Å². The molecule has 1 amide bonds. The van der Waals surface area contributed by atoms with Crippen molar-refractivity contribution in [2.24, 2.45) is 5.73 Å². The number of hydrogen-bond acceptors (Lipinski definition) is 4. The third-order valence-corrected chi connectivity index (χ3v) is 3.57. The highest BCUT2D eigenvalue weighted by Crippen LogP contribution is 2.16. The summed E-state index contributed by atoms with van der Waals surface area (Å²) in [6.07, 6.45) is 0. The van der Waals surface area contributed by atoms with Crippen molar-refractivity contribution in [3.8, 4) is 5.75 Å². The van der Waals surface area contributed by atoms with Gasteiger partial charge in [-0.3, -0.25) is 4.79 Å². The summed E-state index contributed by atoms with van der Waals surface area (Å²) in [6.45, 7) is 6.47. The first-order chi connectivity index (χ1) is 8.90. The summed E-state index contributed by atoms with van der Waals surface area (Å²) in [5.41, 5.74) is 6.39. The molecule has 1 aromatic rings. The van der Waals surface area contributed by atoms with Gasteiger partial charge in [0.2, 0.25) is 5.91 Å². The van der Waals surface area contributed by atoms with Gasteiger partial charge in [0.25, 0.3) is 0 Å². The van der Waals surface area contributed by atoms with Crippen molar-refractivity contribution >= 4 is 23.4 Å². The lowest BCUT2D eigenvalue weighted by Crippen LogP contribution is -2.35. The lowest BCUT2D eigenvalue weighted by Gasteiger charge is -2.17. The first kappa shape index (κ1) is 15.9. The van der Waals surface area contributed by atoms with E-state index in [4.69, 9.17) is 10.5 Å². The van der Waals surface area contributed by atoms with Crippen LogP contribution in [0.2, 0.25) is 0 Å². The molecule has 5 heteroatoms. The summed E-state index contributed by atoms with van der Waals surface area (Å²) in [4.78, 5) is 11.7. The normalized spacial score (nSPS) is 11.2. The molecule has 0 fully saturated rings. The zero-order chi connectivity index (χ0) is 14.3. The second kappa shape index (κ2) is 7.40. The lowest BCUT2D eigenvalue weighted by molar-refractivity contribution is -0.113. The quantitative estimate of drug-likeness (QED) is 0.806. The monoisotopic (exact) mass is 282 g/mol. The Bertz CT molecular complexity index is 399. The molecule has 0 saturated carbocycles. The van der Waals surface area contributed by atoms with E-state index in [-0.39, 0.29) is 11.4 Å². The van der Waals surface area contributed by atoms with Gasteiger partial charge in [-0.05, 0) is 45.0 Å². The SMILES string of the molecule is CCOc1ccc(NC(=O)CSCC(C)(C)N)cc1. The van der Waals surface area contributed by atoms with Crippen LogP contribution < -0.4 is 15.8 Å². The molecule has 0 aliphatic heterocycles. The van der Waals surface area contributed by atoms with Gasteiger partial charge >= 0.3 is 0 Å². The number of nitrogens with one attached hydrogen (secondary N) is 1. The number of benzene rings is 1. The van der Waals surface area contributed by atoms with E-state index in [0.29, 0.717) is 12.4 Å². The fraction of sp³-hybridized carbons (Fsp3) is 0.500. The van der Waals surface area contributed by atoms with E-state index < -0.39 is 0 Å². The largest absolute Gasteiger partial charge is 0.494 e. The van der Waals surface area contributed by atoms with E-state index in [1.54, 1.807) is 0 Å². The fourth-order valence-corrected chi connectivity index (χ4v) is 2.29. The molecule has 19 heavy (non-hydrogen) atoms. The summed E-state index contributed by atoms with van der Waals surface area (Å²) in [5.74, 6) is 1.95. The van der Waals surface area contributed by atoms with E-state index >= 15 is 0 Å². The number of nitrogens with two attached hydrogens (primary N) is 1. The van der Waals surface area contributed by atoms with Crippen LogP contribution in [0.25, 0.3) is 0 Å². The molecule has 0 aliphatic rings. The van der Waals surface area contributed by atoms with Crippen LogP contribution in [0.3, 0.4) is 0 Å². The van der Waals surface area contributed by atoms with E-state index in [1.165, 1.54) is 11.8 Å². The first-order valence-corrected chi connectivity index (χ1v) is 7.45. The van der Waals surface area contributed by atoms with Crippen LogP contribution in [-0.4, -0.2) is 29.6 Å². The number of rotatable bonds is 7. The van der Waals surface area contributed by atoms with Crippen LogP contribution in [0, 0.1) is 0 Å². The van der Waals surface area contributed by atoms with Gasteiger partial charge in [-0.1, -0.05) is 0 Å². The van der Waals surface area contributed by atoms with E-state index in [2.05, 4.69) is 5.32 Å². The third kappa shape index (κ3) is 7.08. The average Bonchev–Trinajstić information content (AvgIpc) is 2.30.